The molecule has 1 aromatic carbocycles. The minimum absolute atomic E-state index is 0.00500. The molecule has 3 heteroatoms. The van der Waals surface area contributed by atoms with E-state index in [2.05, 4.69) is 24.4 Å². The van der Waals surface area contributed by atoms with Gasteiger partial charge < -0.3 is 10.2 Å². The summed E-state index contributed by atoms with van der Waals surface area (Å²) in [5.41, 5.74) is 2.28. The van der Waals surface area contributed by atoms with Crippen LogP contribution in [-0.2, 0) is 11.2 Å². The molecule has 0 spiro atoms. The second-order valence-corrected chi connectivity index (χ2v) is 4.92. The Morgan fingerprint density at radius 2 is 2.06 bits per heavy atom. The molecule has 1 fully saturated rings. The van der Waals surface area contributed by atoms with E-state index in [9.17, 15) is 4.79 Å². The molecule has 1 unspecified atom stereocenters. The molecule has 1 aliphatic heterocycles. The standard InChI is InChI=1S/C15H22N2O/c1-3-12-7-9-13(10-8-12)17(2)15(18)14-6-4-5-11-16-14/h7-10,14,16H,3-6,11H2,1-2H3. The van der Waals surface area contributed by atoms with Gasteiger partial charge in [-0.25, -0.2) is 0 Å². The lowest BCUT2D eigenvalue weighted by Gasteiger charge is -2.27. The van der Waals surface area contributed by atoms with Gasteiger partial charge in [-0.1, -0.05) is 25.5 Å². The summed E-state index contributed by atoms with van der Waals surface area (Å²) in [6.07, 6.45) is 4.31. The third kappa shape index (κ3) is 2.91. The summed E-state index contributed by atoms with van der Waals surface area (Å²) >= 11 is 0. The molecular formula is C15H22N2O. The minimum atomic E-state index is -0.00500. The summed E-state index contributed by atoms with van der Waals surface area (Å²) in [6, 6.07) is 8.23. The van der Waals surface area contributed by atoms with Gasteiger partial charge in [-0.05, 0) is 43.5 Å². The van der Waals surface area contributed by atoms with Crippen molar-refractivity contribution in [2.75, 3.05) is 18.5 Å². The van der Waals surface area contributed by atoms with Crippen molar-refractivity contribution in [2.24, 2.45) is 0 Å². The lowest BCUT2D eigenvalue weighted by molar-refractivity contribution is -0.120. The van der Waals surface area contributed by atoms with E-state index < -0.39 is 0 Å². The number of likely N-dealkylation sites (N-methyl/N-ethyl adjacent to an activating group) is 1. The molecule has 2 rings (SSSR count). The number of amides is 1. The highest BCUT2D eigenvalue weighted by atomic mass is 16.2. The van der Waals surface area contributed by atoms with E-state index in [-0.39, 0.29) is 11.9 Å². The number of hydrogen-bond donors (Lipinski definition) is 1. The lowest BCUT2D eigenvalue weighted by Crippen LogP contribution is -2.47. The molecule has 1 atom stereocenters. The van der Waals surface area contributed by atoms with Gasteiger partial charge in [0.25, 0.3) is 0 Å². The first-order chi connectivity index (χ1) is 8.72. The van der Waals surface area contributed by atoms with Crippen molar-refractivity contribution >= 4 is 11.6 Å². The smallest absolute Gasteiger partial charge is 0.243 e. The molecule has 1 heterocycles. The highest BCUT2D eigenvalue weighted by molar-refractivity contribution is 5.96. The number of nitrogens with zero attached hydrogens (tertiary/aromatic N) is 1. The molecule has 3 nitrogen and oxygen atoms in total. The maximum atomic E-state index is 12.3. The van der Waals surface area contributed by atoms with Crippen LogP contribution in [0.4, 0.5) is 5.69 Å². The van der Waals surface area contributed by atoms with Crippen molar-refractivity contribution < 1.29 is 4.79 Å². The van der Waals surface area contributed by atoms with E-state index in [0.717, 1.165) is 31.5 Å². The zero-order chi connectivity index (χ0) is 13.0. The van der Waals surface area contributed by atoms with Crippen molar-refractivity contribution in [1.29, 1.82) is 0 Å². The van der Waals surface area contributed by atoms with E-state index in [1.165, 1.54) is 12.0 Å². The Kier molecular flexibility index (Phi) is 4.37. The van der Waals surface area contributed by atoms with Crippen LogP contribution in [0.5, 0.6) is 0 Å². The first kappa shape index (κ1) is 13.1. The fourth-order valence-corrected chi connectivity index (χ4v) is 2.38. The molecule has 98 valence electrons. The Morgan fingerprint density at radius 1 is 1.33 bits per heavy atom. The predicted octanol–water partition coefficient (Wildman–Crippen LogP) is 2.35. The van der Waals surface area contributed by atoms with Crippen LogP contribution in [-0.4, -0.2) is 25.5 Å². The average Bonchev–Trinajstić information content (AvgIpc) is 2.47. The molecule has 0 aromatic heterocycles. The highest BCUT2D eigenvalue weighted by Crippen LogP contribution is 2.17. The van der Waals surface area contributed by atoms with Crippen molar-refractivity contribution in [1.82, 2.24) is 5.32 Å². The van der Waals surface area contributed by atoms with Crippen LogP contribution < -0.4 is 10.2 Å². The quantitative estimate of drug-likeness (QED) is 0.888. The zero-order valence-electron chi connectivity index (χ0n) is 11.3. The maximum Gasteiger partial charge on any atom is 0.243 e. The molecular weight excluding hydrogens is 224 g/mol. The van der Waals surface area contributed by atoms with Gasteiger partial charge in [-0.2, -0.15) is 0 Å². The number of anilines is 1. The molecule has 1 aromatic rings. The first-order valence-electron chi connectivity index (χ1n) is 6.82. The fourth-order valence-electron chi connectivity index (χ4n) is 2.38. The van der Waals surface area contributed by atoms with Crippen LogP contribution in [0.3, 0.4) is 0 Å². The number of hydrogen-bond acceptors (Lipinski definition) is 2. The zero-order valence-corrected chi connectivity index (χ0v) is 11.3. The topological polar surface area (TPSA) is 32.3 Å². The lowest BCUT2D eigenvalue weighted by atomic mass is 10.0. The number of benzene rings is 1. The molecule has 1 aliphatic rings. The molecule has 0 bridgehead atoms. The molecule has 0 aliphatic carbocycles. The monoisotopic (exact) mass is 246 g/mol. The van der Waals surface area contributed by atoms with Gasteiger partial charge in [0.2, 0.25) is 5.91 Å². The third-order valence-electron chi connectivity index (χ3n) is 3.67. The molecule has 1 N–H and O–H groups in total. The number of aryl methyl sites for hydroxylation is 1. The SMILES string of the molecule is CCc1ccc(N(C)C(=O)C2CCCCN2)cc1. The normalized spacial score (nSPS) is 19.6. The van der Waals surface area contributed by atoms with E-state index in [0.29, 0.717) is 0 Å². The first-order valence-corrected chi connectivity index (χ1v) is 6.82. The van der Waals surface area contributed by atoms with Crippen molar-refractivity contribution in [3.63, 3.8) is 0 Å². The summed E-state index contributed by atoms with van der Waals surface area (Å²) in [5.74, 6) is 0.180. The van der Waals surface area contributed by atoms with Crippen molar-refractivity contribution in [3.8, 4) is 0 Å². The van der Waals surface area contributed by atoms with Gasteiger partial charge in [-0.15, -0.1) is 0 Å². The Morgan fingerprint density at radius 3 is 2.61 bits per heavy atom. The van der Waals surface area contributed by atoms with Crippen LogP contribution in [0.25, 0.3) is 0 Å². The number of rotatable bonds is 3. The van der Waals surface area contributed by atoms with Gasteiger partial charge in [0.15, 0.2) is 0 Å². The molecule has 0 saturated carbocycles. The van der Waals surface area contributed by atoms with Gasteiger partial charge in [0.05, 0.1) is 6.04 Å². The molecule has 0 radical (unpaired) electrons. The van der Waals surface area contributed by atoms with Gasteiger partial charge in [0, 0.05) is 12.7 Å². The number of nitrogens with one attached hydrogen (secondary N) is 1. The van der Waals surface area contributed by atoms with Crippen LogP contribution in [0, 0.1) is 0 Å². The minimum Gasteiger partial charge on any atom is -0.314 e. The molecule has 1 amide bonds. The molecule has 1 saturated heterocycles. The number of carbonyl (C=O) groups is 1. The number of piperidine rings is 1. The second kappa shape index (κ2) is 6.01. The van der Waals surface area contributed by atoms with E-state index in [1.54, 1.807) is 4.90 Å². The Balaban J connectivity index is 2.04. The van der Waals surface area contributed by atoms with Gasteiger partial charge >= 0.3 is 0 Å². The maximum absolute atomic E-state index is 12.3. The summed E-state index contributed by atoms with van der Waals surface area (Å²) in [4.78, 5) is 14.1. The van der Waals surface area contributed by atoms with Gasteiger partial charge in [-0.3, -0.25) is 4.79 Å². The van der Waals surface area contributed by atoms with Crippen LogP contribution in [0.15, 0.2) is 24.3 Å². The van der Waals surface area contributed by atoms with Gasteiger partial charge in [0.1, 0.15) is 0 Å². The fraction of sp³-hybridized carbons (Fsp3) is 0.533. The molecule has 18 heavy (non-hydrogen) atoms. The Bertz CT molecular complexity index is 393. The van der Waals surface area contributed by atoms with Crippen LogP contribution >= 0.6 is 0 Å². The van der Waals surface area contributed by atoms with E-state index in [4.69, 9.17) is 0 Å². The summed E-state index contributed by atoms with van der Waals surface area (Å²) in [6.45, 7) is 3.09. The Labute approximate surface area is 109 Å². The summed E-state index contributed by atoms with van der Waals surface area (Å²) < 4.78 is 0. The average molecular weight is 246 g/mol. The summed E-state index contributed by atoms with van der Waals surface area (Å²) in [5, 5.41) is 3.30. The summed E-state index contributed by atoms with van der Waals surface area (Å²) in [7, 11) is 1.86. The van der Waals surface area contributed by atoms with Crippen LogP contribution in [0.2, 0.25) is 0 Å². The van der Waals surface area contributed by atoms with Crippen LogP contribution in [0.1, 0.15) is 31.7 Å². The van der Waals surface area contributed by atoms with Crippen molar-refractivity contribution in [2.45, 2.75) is 38.6 Å². The second-order valence-electron chi connectivity index (χ2n) is 4.92. The van der Waals surface area contributed by atoms with Crippen molar-refractivity contribution in [3.05, 3.63) is 29.8 Å². The van der Waals surface area contributed by atoms with E-state index >= 15 is 0 Å². The third-order valence-corrected chi connectivity index (χ3v) is 3.67. The highest BCUT2D eigenvalue weighted by Gasteiger charge is 2.24. The van der Waals surface area contributed by atoms with E-state index in [1.807, 2.05) is 19.2 Å². The predicted molar refractivity (Wildman–Crippen MR) is 74.9 cm³/mol. The Hall–Kier alpha value is -1.35. The largest absolute Gasteiger partial charge is 0.314 e. The number of carbonyl (C=O) groups excluding carboxylic acids is 1.